The van der Waals surface area contributed by atoms with Crippen LogP contribution in [0.5, 0.6) is 0 Å². The summed E-state index contributed by atoms with van der Waals surface area (Å²) in [6.07, 6.45) is 1.47. The predicted molar refractivity (Wildman–Crippen MR) is 87.1 cm³/mol. The highest BCUT2D eigenvalue weighted by molar-refractivity contribution is 6.00. The maximum absolute atomic E-state index is 12.5. The molecule has 1 aromatic rings. The molecule has 0 bridgehead atoms. The number of nitrogens with one attached hydrogen (secondary N) is 1. The van der Waals surface area contributed by atoms with E-state index in [-0.39, 0.29) is 30.8 Å². The summed E-state index contributed by atoms with van der Waals surface area (Å²) in [5.74, 6) is -0.449. The molecule has 0 aromatic heterocycles. The molecule has 2 rings (SSSR count). The predicted octanol–water partition coefficient (Wildman–Crippen LogP) is 0.694. The molecule has 6 nitrogen and oxygen atoms in total. The molecule has 2 amide bonds. The van der Waals surface area contributed by atoms with E-state index in [1.54, 1.807) is 4.90 Å². The second-order valence-corrected chi connectivity index (χ2v) is 5.09. The average Bonchev–Trinajstić information content (AvgIpc) is 2.50. The van der Waals surface area contributed by atoms with Crippen molar-refractivity contribution in [3.05, 3.63) is 30.3 Å². The smallest absolute Gasteiger partial charge is 0.249 e. The number of para-hydroxylation sites is 1. The van der Waals surface area contributed by atoms with Crippen LogP contribution in [0.4, 0.5) is 5.69 Å². The first-order chi connectivity index (χ1) is 10.1. The highest BCUT2D eigenvalue weighted by Crippen LogP contribution is 2.20. The quantitative estimate of drug-likeness (QED) is 0.833. The molecule has 1 aromatic carbocycles. The number of amides is 2. The normalized spacial score (nSPS) is 19.3. The minimum Gasteiger partial charge on any atom is -0.383 e. The van der Waals surface area contributed by atoms with Gasteiger partial charge < -0.3 is 20.7 Å². The Kier molecular flexibility index (Phi) is 7.31. The molecule has 1 saturated heterocycles. The van der Waals surface area contributed by atoms with Gasteiger partial charge >= 0.3 is 0 Å². The number of halogens is 1. The molecule has 1 aliphatic rings. The van der Waals surface area contributed by atoms with Gasteiger partial charge in [0.2, 0.25) is 11.8 Å². The molecule has 0 spiro atoms. The molecule has 3 N–H and O–H groups in total. The number of hydrogen-bond acceptors (Lipinski definition) is 4. The Hall–Kier alpha value is -1.63. The molecule has 0 aliphatic carbocycles. The molecule has 2 unspecified atom stereocenters. The van der Waals surface area contributed by atoms with Crippen LogP contribution in [0.15, 0.2) is 30.3 Å². The van der Waals surface area contributed by atoms with E-state index in [4.69, 9.17) is 10.5 Å². The fourth-order valence-corrected chi connectivity index (χ4v) is 2.41. The Morgan fingerprint density at radius 3 is 2.77 bits per heavy atom. The molecule has 1 aliphatic heterocycles. The maximum Gasteiger partial charge on any atom is 0.249 e. The number of piperidine rings is 1. The summed E-state index contributed by atoms with van der Waals surface area (Å²) in [5.41, 5.74) is 6.52. The summed E-state index contributed by atoms with van der Waals surface area (Å²) in [5, 5.41) is 2.72. The van der Waals surface area contributed by atoms with Gasteiger partial charge in [-0.05, 0) is 25.0 Å². The monoisotopic (exact) mass is 327 g/mol. The van der Waals surface area contributed by atoms with Crippen LogP contribution in [0.3, 0.4) is 0 Å². The third kappa shape index (κ3) is 4.43. The number of nitrogens with two attached hydrogens (primary N) is 1. The lowest BCUT2D eigenvalue weighted by Gasteiger charge is -2.33. The van der Waals surface area contributed by atoms with Crippen molar-refractivity contribution >= 4 is 29.9 Å². The molecule has 2 atom stereocenters. The Labute approximate surface area is 136 Å². The standard InChI is InChI=1S/C15H21N3O3.ClH/c1-21-10-12(16)14(19)17-13-8-5-9-18(15(13)20)11-6-3-2-4-7-11;/h2-4,6-7,12-13H,5,8-10,16H2,1H3,(H,17,19);1H. The van der Waals surface area contributed by atoms with E-state index in [1.807, 2.05) is 30.3 Å². The van der Waals surface area contributed by atoms with Gasteiger partial charge in [0, 0.05) is 19.3 Å². The maximum atomic E-state index is 12.5. The van der Waals surface area contributed by atoms with E-state index < -0.39 is 12.1 Å². The summed E-state index contributed by atoms with van der Waals surface area (Å²) >= 11 is 0. The molecule has 22 heavy (non-hydrogen) atoms. The number of hydrogen-bond donors (Lipinski definition) is 2. The zero-order valence-corrected chi connectivity index (χ0v) is 13.3. The zero-order valence-electron chi connectivity index (χ0n) is 12.5. The van der Waals surface area contributed by atoms with Gasteiger partial charge in [0.1, 0.15) is 12.1 Å². The van der Waals surface area contributed by atoms with Crippen LogP contribution in [-0.2, 0) is 14.3 Å². The SMILES string of the molecule is COCC(N)C(=O)NC1CCCN(c2ccccc2)C1=O.Cl. The van der Waals surface area contributed by atoms with E-state index in [0.29, 0.717) is 13.0 Å². The largest absolute Gasteiger partial charge is 0.383 e. The fraction of sp³-hybridized carbons (Fsp3) is 0.467. The van der Waals surface area contributed by atoms with Crippen molar-refractivity contribution in [1.82, 2.24) is 5.32 Å². The summed E-state index contributed by atoms with van der Waals surface area (Å²) in [6, 6.07) is 8.18. The van der Waals surface area contributed by atoms with Crippen molar-refractivity contribution in [2.75, 3.05) is 25.2 Å². The third-order valence-corrected chi connectivity index (χ3v) is 3.51. The van der Waals surface area contributed by atoms with Crippen LogP contribution in [0.25, 0.3) is 0 Å². The van der Waals surface area contributed by atoms with Crippen LogP contribution in [0, 0.1) is 0 Å². The van der Waals surface area contributed by atoms with Crippen molar-refractivity contribution in [2.24, 2.45) is 5.73 Å². The summed E-state index contributed by atoms with van der Waals surface area (Å²) in [4.78, 5) is 26.1. The van der Waals surface area contributed by atoms with Gasteiger partial charge in [-0.1, -0.05) is 18.2 Å². The molecule has 0 radical (unpaired) electrons. The minimum atomic E-state index is -0.755. The van der Waals surface area contributed by atoms with Gasteiger partial charge in [-0.3, -0.25) is 9.59 Å². The first-order valence-electron chi connectivity index (χ1n) is 7.05. The lowest BCUT2D eigenvalue weighted by atomic mass is 10.0. The van der Waals surface area contributed by atoms with Crippen LogP contribution < -0.4 is 16.0 Å². The lowest BCUT2D eigenvalue weighted by Crippen LogP contribution is -2.56. The van der Waals surface area contributed by atoms with Crippen molar-refractivity contribution in [3.63, 3.8) is 0 Å². The number of methoxy groups -OCH3 is 1. The number of benzene rings is 1. The second kappa shape index (κ2) is 8.73. The fourth-order valence-electron chi connectivity index (χ4n) is 2.41. The topological polar surface area (TPSA) is 84.7 Å². The summed E-state index contributed by atoms with van der Waals surface area (Å²) in [7, 11) is 1.48. The number of carbonyl (C=O) groups excluding carboxylic acids is 2. The zero-order chi connectivity index (χ0) is 15.2. The van der Waals surface area contributed by atoms with Crippen LogP contribution >= 0.6 is 12.4 Å². The first kappa shape index (κ1) is 18.4. The number of ether oxygens (including phenoxy) is 1. The van der Waals surface area contributed by atoms with E-state index in [0.717, 1.165) is 12.1 Å². The van der Waals surface area contributed by atoms with E-state index in [2.05, 4.69) is 5.32 Å². The Bertz CT molecular complexity index is 498. The molecule has 122 valence electrons. The van der Waals surface area contributed by atoms with Crippen LogP contribution in [0.1, 0.15) is 12.8 Å². The number of anilines is 1. The third-order valence-electron chi connectivity index (χ3n) is 3.51. The van der Waals surface area contributed by atoms with Crippen LogP contribution in [-0.4, -0.2) is 44.2 Å². The van der Waals surface area contributed by atoms with Crippen LogP contribution in [0.2, 0.25) is 0 Å². The molecule has 0 saturated carbocycles. The summed E-state index contributed by atoms with van der Waals surface area (Å²) in [6.45, 7) is 0.800. The van der Waals surface area contributed by atoms with Crippen molar-refractivity contribution in [3.8, 4) is 0 Å². The van der Waals surface area contributed by atoms with Gasteiger partial charge in [-0.25, -0.2) is 0 Å². The van der Waals surface area contributed by atoms with Gasteiger partial charge in [0.25, 0.3) is 0 Å². The van der Waals surface area contributed by atoms with Crippen molar-refractivity contribution < 1.29 is 14.3 Å². The highest BCUT2D eigenvalue weighted by atomic mass is 35.5. The summed E-state index contributed by atoms with van der Waals surface area (Å²) < 4.78 is 4.85. The van der Waals surface area contributed by atoms with E-state index in [9.17, 15) is 9.59 Å². The van der Waals surface area contributed by atoms with E-state index >= 15 is 0 Å². The molecule has 7 heteroatoms. The van der Waals surface area contributed by atoms with Gasteiger partial charge in [0.15, 0.2) is 0 Å². The van der Waals surface area contributed by atoms with Gasteiger partial charge in [0.05, 0.1) is 6.61 Å². The second-order valence-electron chi connectivity index (χ2n) is 5.09. The molecular weight excluding hydrogens is 306 g/mol. The highest BCUT2D eigenvalue weighted by Gasteiger charge is 2.31. The number of carbonyl (C=O) groups is 2. The first-order valence-corrected chi connectivity index (χ1v) is 7.05. The minimum absolute atomic E-state index is 0. The number of rotatable bonds is 5. The molecule has 1 heterocycles. The molecular formula is C15H22ClN3O3. The Morgan fingerprint density at radius 2 is 2.14 bits per heavy atom. The van der Waals surface area contributed by atoms with E-state index in [1.165, 1.54) is 7.11 Å². The average molecular weight is 328 g/mol. The number of nitrogens with zero attached hydrogens (tertiary/aromatic N) is 1. The van der Waals surface area contributed by atoms with Crippen molar-refractivity contribution in [1.29, 1.82) is 0 Å². The van der Waals surface area contributed by atoms with Gasteiger partial charge in [-0.2, -0.15) is 0 Å². The lowest BCUT2D eigenvalue weighted by molar-refractivity contribution is -0.129. The Morgan fingerprint density at radius 1 is 1.45 bits per heavy atom. The van der Waals surface area contributed by atoms with Crippen molar-refractivity contribution in [2.45, 2.75) is 24.9 Å². The molecule has 1 fully saturated rings. The van der Waals surface area contributed by atoms with Gasteiger partial charge in [-0.15, -0.1) is 12.4 Å². The Balaban J connectivity index is 0.00000242.